The number of carbonyl (C=O) groups is 1. The van der Waals surface area contributed by atoms with Crippen molar-refractivity contribution in [2.45, 2.75) is 34.2 Å². The predicted octanol–water partition coefficient (Wildman–Crippen LogP) is 3.09. The van der Waals surface area contributed by atoms with Gasteiger partial charge in [-0.15, -0.1) is 0 Å². The number of aromatic carboxylic acids is 1. The van der Waals surface area contributed by atoms with Crippen LogP contribution in [0.1, 0.15) is 43.8 Å². The highest BCUT2D eigenvalue weighted by Crippen LogP contribution is 2.15. The zero-order valence-electron chi connectivity index (χ0n) is 11.6. The predicted molar refractivity (Wildman–Crippen MR) is 70.6 cm³/mol. The lowest BCUT2D eigenvalue weighted by Crippen LogP contribution is -2.31. The third-order valence-electron chi connectivity index (χ3n) is 2.58. The molecule has 0 radical (unpaired) electrons. The SMILES string of the molecule is CC(C)CN(Cc1ccoc1C(=O)O)CC(C)C. The van der Waals surface area contributed by atoms with Crippen LogP contribution in [0.3, 0.4) is 0 Å². The molecule has 0 fully saturated rings. The van der Waals surface area contributed by atoms with Gasteiger partial charge in [-0.05, 0) is 17.9 Å². The zero-order chi connectivity index (χ0) is 13.7. The van der Waals surface area contributed by atoms with Gasteiger partial charge in [0.1, 0.15) is 0 Å². The maximum Gasteiger partial charge on any atom is 0.372 e. The minimum atomic E-state index is -0.996. The first kappa shape index (κ1) is 14.8. The molecule has 0 unspecified atom stereocenters. The van der Waals surface area contributed by atoms with Crippen LogP contribution in [0.15, 0.2) is 16.7 Å². The Bertz CT molecular complexity index is 372. The first-order valence-corrected chi connectivity index (χ1v) is 6.42. The Morgan fingerprint density at radius 3 is 2.28 bits per heavy atom. The van der Waals surface area contributed by atoms with Crippen LogP contribution in [0.25, 0.3) is 0 Å². The summed E-state index contributed by atoms with van der Waals surface area (Å²) in [5.41, 5.74) is 0.754. The van der Waals surface area contributed by atoms with Crippen LogP contribution in [0, 0.1) is 11.8 Å². The van der Waals surface area contributed by atoms with Gasteiger partial charge in [-0.1, -0.05) is 27.7 Å². The van der Waals surface area contributed by atoms with E-state index < -0.39 is 5.97 Å². The molecule has 1 N–H and O–H groups in total. The molecule has 4 heteroatoms. The standard InChI is InChI=1S/C14H23NO3/c1-10(2)7-15(8-11(3)4)9-12-5-6-18-13(12)14(16)17/h5-6,10-11H,7-9H2,1-4H3,(H,16,17). The quantitative estimate of drug-likeness (QED) is 0.811. The first-order chi connectivity index (χ1) is 8.40. The lowest BCUT2D eigenvalue weighted by molar-refractivity contribution is 0.0658. The Labute approximate surface area is 109 Å². The van der Waals surface area contributed by atoms with Crippen LogP contribution in [0.5, 0.6) is 0 Å². The van der Waals surface area contributed by atoms with E-state index in [-0.39, 0.29) is 5.76 Å². The largest absolute Gasteiger partial charge is 0.475 e. The molecule has 0 saturated heterocycles. The fourth-order valence-corrected chi connectivity index (χ4v) is 2.13. The molecule has 0 aliphatic rings. The number of furan rings is 1. The second-order valence-corrected chi connectivity index (χ2v) is 5.56. The highest BCUT2D eigenvalue weighted by atomic mass is 16.4. The van der Waals surface area contributed by atoms with Gasteiger partial charge in [0.05, 0.1) is 6.26 Å². The number of nitrogens with zero attached hydrogens (tertiary/aromatic N) is 1. The number of hydrogen-bond donors (Lipinski definition) is 1. The molecule has 1 heterocycles. The van der Waals surface area contributed by atoms with Crippen LogP contribution < -0.4 is 0 Å². The van der Waals surface area contributed by atoms with Gasteiger partial charge >= 0.3 is 5.97 Å². The minimum Gasteiger partial charge on any atom is -0.475 e. The monoisotopic (exact) mass is 253 g/mol. The Morgan fingerprint density at radius 2 is 1.83 bits per heavy atom. The van der Waals surface area contributed by atoms with Crippen LogP contribution >= 0.6 is 0 Å². The molecule has 0 aliphatic heterocycles. The van der Waals surface area contributed by atoms with E-state index in [0.29, 0.717) is 18.4 Å². The average molecular weight is 253 g/mol. The highest BCUT2D eigenvalue weighted by molar-refractivity contribution is 5.86. The van der Waals surface area contributed by atoms with E-state index in [9.17, 15) is 4.79 Å². The molecule has 0 aliphatic carbocycles. The summed E-state index contributed by atoms with van der Waals surface area (Å²) in [6.07, 6.45) is 1.45. The van der Waals surface area contributed by atoms with Gasteiger partial charge in [0.25, 0.3) is 0 Å². The van der Waals surface area contributed by atoms with Crippen molar-refractivity contribution in [1.82, 2.24) is 4.90 Å². The van der Waals surface area contributed by atoms with Gasteiger partial charge < -0.3 is 9.52 Å². The van der Waals surface area contributed by atoms with E-state index in [0.717, 1.165) is 18.7 Å². The third-order valence-corrected chi connectivity index (χ3v) is 2.58. The van der Waals surface area contributed by atoms with Crippen molar-refractivity contribution in [2.24, 2.45) is 11.8 Å². The molecule has 0 amide bonds. The summed E-state index contributed by atoms with van der Waals surface area (Å²) in [6.45, 7) is 11.2. The molecular formula is C14H23NO3. The fourth-order valence-electron chi connectivity index (χ4n) is 2.13. The molecule has 0 atom stereocenters. The van der Waals surface area contributed by atoms with E-state index in [1.165, 1.54) is 6.26 Å². The van der Waals surface area contributed by atoms with Crippen LogP contribution in [0.2, 0.25) is 0 Å². The first-order valence-electron chi connectivity index (χ1n) is 6.42. The molecule has 1 aromatic rings. The van der Waals surface area contributed by atoms with Crippen molar-refractivity contribution >= 4 is 5.97 Å². The van der Waals surface area contributed by atoms with Crippen LogP contribution in [0.4, 0.5) is 0 Å². The van der Waals surface area contributed by atoms with Gasteiger partial charge in [-0.25, -0.2) is 4.79 Å². The average Bonchev–Trinajstić information content (AvgIpc) is 2.63. The Hall–Kier alpha value is -1.29. The summed E-state index contributed by atoms with van der Waals surface area (Å²) in [5.74, 6) is 0.185. The van der Waals surface area contributed by atoms with E-state index in [4.69, 9.17) is 9.52 Å². The molecule has 1 aromatic heterocycles. The highest BCUT2D eigenvalue weighted by Gasteiger charge is 2.17. The summed E-state index contributed by atoms with van der Waals surface area (Å²) in [6, 6.07) is 1.75. The molecular weight excluding hydrogens is 230 g/mol. The molecule has 1 rings (SSSR count). The fraction of sp³-hybridized carbons (Fsp3) is 0.643. The topological polar surface area (TPSA) is 53.7 Å². The molecule has 0 spiro atoms. The van der Waals surface area contributed by atoms with Gasteiger partial charge in [0, 0.05) is 25.2 Å². The third kappa shape index (κ3) is 4.53. The normalized spacial score (nSPS) is 11.7. The molecule has 0 aromatic carbocycles. The number of carboxylic acid groups (broad SMARTS) is 1. The molecule has 4 nitrogen and oxygen atoms in total. The lowest BCUT2D eigenvalue weighted by Gasteiger charge is -2.25. The molecule has 18 heavy (non-hydrogen) atoms. The maximum absolute atomic E-state index is 11.0. The summed E-state index contributed by atoms with van der Waals surface area (Å²) in [4.78, 5) is 13.3. The molecule has 0 saturated carbocycles. The van der Waals surface area contributed by atoms with Crippen molar-refractivity contribution < 1.29 is 14.3 Å². The lowest BCUT2D eigenvalue weighted by atomic mass is 10.1. The van der Waals surface area contributed by atoms with E-state index >= 15 is 0 Å². The van der Waals surface area contributed by atoms with Crippen LogP contribution in [-0.4, -0.2) is 29.1 Å². The van der Waals surface area contributed by atoms with Gasteiger partial charge in [-0.2, -0.15) is 0 Å². The van der Waals surface area contributed by atoms with Gasteiger partial charge in [-0.3, -0.25) is 4.90 Å². The summed E-state index contributed by atoms with van der Waals surface area (Å²) >= 11 is 0. The number of hydrogen-bond acceptors (Lipinski definition) is 3. The summed E-state index contributed by atoms with van der Waals surface area (Å²) in [7, 11) is 0. The Balaban J connectivity index is 2.75. The van der Waals surface area contributed by atoms with Crippen molar-refractivity contribution in [1.29, 1.82) is 0 Å². The number of carboxylic acids is 1. The van der Waals surface area contributed by atoms with Gasteiger partial charge in [0.2, 0.25) is 5.76 Å². The minimum absolute atomic E-state index is 0.0625. The number of rotatable bonds is 7. The molecule has 102 valence electrons. The van der Waals surface area contributed by atoms with Crippen LogP contribution in [-0.2, 0) is 6.54 Å². The summed E-state index contributed by atoms with van der Waals surface area (Å²) < 4.78 is 5.01. The second kappa shape index (κ2) is 6.59. The van der Waals surface area contributed by atoms with E-state index in [1.54, 1.807) is 6.07 Å². The van der Waals surface area contributed by atoms with Crippen molar-refractivity contribution in [3.63, 3.8) is 0 Å². The smallest absolute Gasteiger partial charge is 0.372 e. The maximum atomic E-state index is 11.0. The Morgan fingerprint density at radius 1 is 1.28 bits per heavy atom. The molecule has 0 bridgehead atoms. The van der Waals surface area contributed by atoms with Gasteiger partial charge in [0.15, 0.2) is 0 Å². The van der Waals surface area contributed by atoms with Crippen molar-refractivity contribution in [3.05, 3.63) is 23.7 Å². The second-order valence-electron chi connectivity index (χ2n) is 5.56. The van der Waals surface area contributed by atoms with E-state index in [2.05, 4.69) is 32.6 Å². The van der Waals surface area contributed by atoms with Crippen molar-refractivity contribution in [3.8, 4) is 0 Å². The van der Waals surface area contributed by atoms with E-state index in [1.807, 2.05) is 0 Å². The van der Waals surface area contributed by atoms with Crippen molar-refractivity contribution in [2.75, 3.05) is 13.1 Å². The Kier molecular flexibility index (Phi) is 5.41. The summed E-state index contributed by atoms with van der Waals surface area (Å²) in [5, 5.41) is 9.02. The zero-order valence-corrected chi connectivity index (χ0v) is 11.6.